The standard InChI is InChI=1S/C11H13N5O2.C7H13N/c12-8-2-1-6(16-4-3-15-11(16)18)5-7(8)9(13)10(14)17;1-4-8-5-2-7(1)3-6-8/h1-2,5,13H,3-4,12H2,(H2,14,17)(H,15,18);7H,1-6H2. The molecule has 4 aliphatic heterocycles. The molecule has 4 fully saturated rings. The van der Waals surface area contributed by atoms with E-state index < -0.39 is 5.91 Å². The number of amides is 3. The summed E-state index contributed by atoms with van der Waals surface area (Å²) in [5.41, 5.74) is 11.5. The fourth-order valence-corrected chi connectivity index (χ4v) is 3.64. The van der Waals surface area contributed by atoms with E-state index in [-0.39, 0.29) is 23.0 Å². The number of primary amides is 1. The van der Waals surface area contributed by atoms with Crippen LogP contribution in [0.15, 0.2) is 18.2 Å². The number of rotatable bonds is 3. The number of carbonyl (C=O) groups is 2. The molecule has 0 radical (unpaired) electrons. The first-order valence-corrected chi connectivity index (χ1v) is 9.01. The second kappa shape index (κ2) is 7.74. The fourth-order valence-electron chi connectivity index (χ4n) is 3.64. The molecule has 0 spiro atoms. The van der Waals surface area contributed by atoms with Crippen LogP contribution < -0.4 is 21.7 Å². The van der Waals surface area contributed by atoms with Gasteiger partial charge in [-0.3, -0.25) is 15.1 Å². The van der Waals surface area contributed by atoms with Crippen LogP contribution in [0.5, 0.6) is 0 Å². The van der Waals surface area contributed by atoms with Gasteiger partial charge in [0.15, 0.2) is 0 Å². The van der Waals surface area contributed by atoms with Gasteiger partial charge in [-0.15, -0.1) is 0 Å². The number of fused-ring (bicyclic) bond motifs is 3. The van der Waals surface area contributed by atoms with Gasteiger partial charge in [-0.05, 0) is 63.0 Å². The summed E-state index contributed by atoms with van der Waals surface area (Å²) in [6.45, 7) is 5.28. The summed E-state index contributed by atoms with van der Waals surface area (Å²) in [5.74, 6) is 0.254. The average Bonchev–Trinajstić information content (AvgIpc) is 3.09. The molecule has 8 nitrogen and oxygen atoms in total. The summed E-state index contributed by atoms with van der Waals surface area (Å²) in [4.78, 5) is 26.6. The fraction of sp³-hybridized carbons (Fsp3) is 0.500. The predicted octanol–water partition coefficient (Wildman–Crippen LogP) is 0.754. The van der Waals surface area contributed by atoms with Gasteiger partial charge in [-0.25, -0.2) is 4.79 Å². The third-order valence-corrected chi connectivity index (χ3v) is 5.28. The number of nitrogen functional groups attached to an aromatic ring is 1. The number of anilines is 2. The minimum Gasteiger partial charge on any atom is -0.398 e. The Morgan fingerprint density at radius 1 is 1.15 bits per heavy atom. The Kier molecular flexibility index (Phi) is 5.41. The Morgan fingerprint density at radius 2 is 1.81 bits per heavy atom. The number of carbonyl (C=O) groups excluding carboxylic acids is 2. The predicted molar refractivity (Wildman–Crippen MR) is 101 cm³/mol. The van der Waals surface area contributed by atoms with Gasteiger partial charge in [-0.2, -0.15) is 0 Å². The third-order valence-electron chi connectivity index (χ3n) is 5.28. The molecule has 5 rings (SSSR count). The van der Waals surface area contributed by atoms with Crippen molar-refractivity contribution >= 4 is 29.0 Å². The number of nitrogens with two attached hydrogens (primary N) is 2. The van der Waals surface area contributed by atoms with Gasteiger partial charge in [0.1, 0.15) is 5.71 Å². The molecule has 0 atom stereocenters. The lowest BCUT2D eigenvalue weighted by molar-refractivity contribution is -0.112. The normalized spacial score (nSPS) is 23.8. The van der Waals surface area contributed by atoms with Crippen LogP contribution in [0, 0.1) is 11.3 Å². The highest BCUT2D eigenvalue weighted by molar-refractivity contribution is 6.44. The topological polar surface area (TPSA) is 129 Å². The highest BCUT2D eigenvalue weighted by Gasteiger charge is 2.24. The van der Waals surface area contributed by atoms with Crippen molar-refractivity contribution in [1.29, 1.82) is 5.41 Å². The summed E-state index contributed by atoms with van der Waals surface area (Å²) in [5, 5.41) is 10.2. The lowest BCUT2D eigenvalue weighted by Crippen LogP contribution is -2.41. The molecule has 0 saturated carbocycles. The second-order valence-corrected chi connectivity index (χ2v) is 6.97. The van der Waals surface area contributed by atoms with E-state index in [9.17, 15) is 9.59 Å². The van der Waals surface area contributed by atoms with Crippen LogP contribution in [-0.2, 0) is 4.79 Å². The van der Waals surface area contributed by atoms with Crippen LogP contribution in [0.4, 0.5) is 16.2 Å². The molecule has 4 aliphatic rings. The van der Waals surface area contributed by atoms with Crippen LogP contribution in [0.25, 0.3) is 0 Å². The maximum absolute atomic E-state index is 11.5. The van der Waals surface area contributed by atoms with E-state index in [4.69, 9.17) is 16.9 Å². The first-order chi connectivity index (χ1) is 12.5. The second-order valence-electron chi connectivity index (χ2n) is 6.97. The van der Waals surface area contributed by atoms with E-state index in [0.717, 1.165) is 5.92 Å². The minimum atomic E-state index is -0.857. The summed E-state index contributed by atoms with van der Waals surface area (Å²) < 4.78 is 0. The zero-order valence-corrected chi connectivity index (χ0v) is 14.8. The van der Waals surface area contributed by atoms with Crippen LogP contribution in [-0.4, -0.2) is 55.3 Å². The molecule has 8 heteroatoms. The molecule has 4 heterocycles. The molecule has 3 amide bonds. The van der Waals surface area contributed by atoms with E-state index in [1.165, 1.54) is 49.9 Å². The molecule has 140 valence electrons. The van der Waals surface area contributed by atoms with Crippen LogP contribution >= 0.6 is 0 Å². The van der Waals surface area contributed by atoms with Crippen molar-refractivity contribution in [2.24, 2.45) is 11.7 Å². The van der Waals surface area contributed by atoms with Crippen molar-refractivity contribution in [2.75, 3.05) is 43.4 Å². The zero-order valence-electron chi connectivity index (χ0n) is 14.8. The molecule has 0 aliphatic carbocycles. The molecular formula is C18H26N6O2. The Bertz CT molecular complexity index is 689. The highest BCUT2D eigenvalue weighted by atomic mass is 16.2. The van der Waals surface area contributed by atoms with Gasteiger partial charge < -0.3 is 21.7 Å². The summed E-state index contributed by atoms with van der Waals surface area (Å²) in [7, 11) is 0. The molecule has 0 aromatic heterocycles. The third kappa shape index (κ3) is 3.96. The van der Waals surface area contributed by atoms with Gasteiger partial charge in [0.25, 0.3) is 5.91 Å². The molecule has 26 heavy (non-hydrogen) atoms. The number of nitrogens with zero attached hydrogens (tertiary/aromatic N) is 2. The van der Waals surface area contributed by atoms with E-state index in [1.807, 2.05) is 0 Å². The molecule has 4 saturated heterocycles. The molecular weight excluding hydrogens is 332 g/mol. The van der Waals surface area contributed by atoms with Gasteiger partial charge in [0.2, 0.25) is 0 Å². The van der Waals surface area contributed by atoms with Crippen LogP contribution in [0.2, 0.25) is 0 Å². The largest absolute Gasteiger partial charge is 0.398 e. The van der Waals surface area contributed by atoms with Crippen molar-refractivity contribution < 1.29 is 9.59 Å². The van der Waals surface area contributed by atoms with Crippen molar-refractivity contribution in [3.63, 3.8) is 0 Å². The maximum Gasteiger partial charge on any atom is 0.321 e. The summed E-state index contributed by atoms with van der Waals surface area (Å²) in [6, 6.07) is 4.52. The quantitative estimate of drug-likeness (QED) is 0.469. The number of nitrogens with one attached hydrogen (secondary N) is 2. The van der Waals surface area contributed by atoms with Crippen molar-refractivity contribution in [1.82, 2.24) is 10.2 Å². The van der Waals surface area contributed by atoms with Crippen molar-refractivity contribution in [3.05, 3.63) is 23.8 Å². The molecule has 1 aromatic carbocycles. The minimum absolute atomic E-state index is 0.212. The first-order valence-electron chi connectivity index (χ1n) is 9.01. The molecule has 2 bridgehead atoms. The number of piperidine rings is 3. The van der Waals surface area contributed by atoms with E-state index >= 15 is 0 Å². The molecule has 0 unspecified atom stereocenters. The van der Waals surface area contributed by atoms with Crippen molar-refractivity contribution in [2.45, 2.75) is 19.3 Å². The molecule has 6 N–H and O–H groups in total. The Morgan fingerprint density at radius 3 is 2.23 bits per heavy atom. The van der Waals surface area contributed by atoms with E-state index in [1.54, 1.807) is 12.1 Å². The van der Waals surface area contributed by atoms with E-state index in [0.29, 0.717) is 18.8 Å². The summed E-state index contributed by atoms with van der Waals surface area (Å²) >= 11 is 0. The van der Waals surface area contributed by atoms with E-state index in [2.05, 4.69) is 10.2 Å². The van der Waals surface area contributed by atoms with Gasteiger partial charge in [0, 0.05) is 30.0 Å². The van der Waals surface area contributed by atoms with Gasteiger partial charge >= 0.3 is 6.03 Å². The van der Waals surface area contributed by atoms with Crippen LogP contribution in [0.1, 0.15) is 24.8 Å². The lowest BCUT2D eigenvalue weighted by Gasteiger charge is -2.38. The van der Waals surface area contributed by atoms with Crippen LogP contribution in [0.3, 0.4) is 0 Å². The number of hydrogen-bond donors (Lipinski definition) is 4. The Hall–Kier alpha value is -2.61. The maximum atomic E-state index is 11.5. The lowest BCUT2D eigenvalue weighted by atomic mass is 9.89. The average molecular weight is 358 g/mol. The number of hydrogen-bond acceptors (Lipinski definition) is 5. The highest BCUT2D eigenvalue weighted by Crippen LogP contribution is 2.26. The first kappa shape index (κ1) is 18.2. The SMILES string of the molecule is C1CN2CCC1CC2.N=C(C(N)=O)c1cc(N2CCNC2=O)ccc1N. The molecule has 1 aromatic rings. The van der Waals surface area contributed by atoms with Gasteiger partial charge in [0.05, 0.1) is 0 Å². The smallest absolute Gasteiger partial charge is 0.321 e. The summed E-state index contributed by atoms with van der Waals surface area (Å²) in [6.07, 6.45) is 4.46. The monoisotopic (exact) mass is 358 g/mol. The van der Waals surface area contributed by atoms with Gasteiger partial charge in [-0.1, -0.05) is 0 Å². The Labute approximate surface area is 153 Å². The zero-order chi connectivity index (χ0) is 18.7. The Balaban J connectivity index is 0.000000201. The number of urea groups is 1. The van der Waals surface area contributed by atoms with Crippen molar-refractivity contribution in [3.8, 4) is 0 Å². The number of benzene rings is 1.